The number of allylic oxidation sites excluding steroid dienone is 1. The molecule has 0 aromatic carbocycles. The molecule has 2 bridgehead atoms. The summed E-state index contributed by atoms with van der Waals surface area (Å²) in [7, 11) is 1.71. The first kappa shape index (κ1) is 20.0. The molecule has 1 aliphatic heterocycles. The monoisotopic (exact) mass is 366 g/mol. The number of methoxy groups -OCH3 is 1. The Hall–Kier alpha value is -0.720. The van der Waals surface area contributed by atoms with Gasteiger partial charge in [0, 0.05) is 18.4 Å². The van der Waals surface area contributed by atoms with Crippen molar-refractivity contribution < 1.29 is 24.8 Å². The van der Waals surface area contributed by atoms with Crippen molar-refractivity contribution in [2.75, 3.05) is 26.9 Å². The average Bonchev–Trinajstić information content (AvgIpc) is 2.80. The lowest BCUT2D eigenvalue weighted by Gasteiger charge is -2.53. The van der Waals surface area contributed by atoms with Crippen LogP contribution in [-0.2, 0) is 9.47 Å². The van der Waals surface area contributed by atoms with Crippen molar-refractivity contribution in [2.45, 2.75) is 63.8 Å². The Labute approximate surface area is 156 Å². The summed E-state index contributed by atoms with van der Waals surface area (Å²) in [6.07, 6.45) is 7.50. The van der Waals surface area contributed by atoms with Gasteiger partial charge in [-0.2, -0.15) is 0 Å². The molecule has 1 saturated heterocycles. The number of ether oxygens (including phenoxy) is 2. The zero-order chi connectivity index (χ0) is 18.9. The van der Waals surface area contributed by atoms with Gasteiger partial charge in [0.25, 0.3) is 0 Å². The molecule has 0 aromatic rings. The van der Waals surface area contributed by atoms with E-state index in [9.17, 15) is 15.3 Å². The number of rotatable bonds is 6. The van der Waals surface area contributed by atoms with Crippen molar-refractivity contribution in [1.29, 1.82) is 0 Å². The van der Waals surface area contributed by atoms with Gasteiger partial charge in [0.1, 0.15) is 11.7 Å². The molecule has 26 heavy (non-hydrogen) atoms. The first-order valence-electron chi connectivity index (χ1n) is 9.87. The number of hydrogen-bond acceptors (Lipinski definition) is 5. The van der Waals surface area contributed by atoms with E-state index in [1.807, 2.05) is 0 Å². The molecule has 0 spiro atoms. The van der Waals surface area contributed by atoms with Gasteiger partial charge in [-0.05, 0) is 56.1 Å². The van der Waals surface area contributed by atoms with Gasteiger partial charge in [-0.25, -0.2) is 0 Å². The van der Waals surface area contributed by atoms with E-state index in [2.05, 4.69) is 19.9 Å². The summed E-state index contributed by atoms with van der Waals surface area (Å²) in [6.45, 7) is 4.86. The minimum atomic E-state index is -0.668. The van der Waals surface area contributed by atoms with E-state index in [1.165, 1.54) is 0 Å². The third-order valence-electron chi connectivity index (χ3n) is 7.38. The van der Waals surface area contributed by atoms with Crippen molar-refractivity contribution in [3.8, 4) is 0 Å². The van der Waals surface area contributed by atoms with Gasteiger partial charge in [-0.15, -0.1) is 0 Å². The maximum absolute atomic E-state index is 11.1. The van der Waals surface area contributed by atoms with Crippen LogP contribution in [0.15, 0.2) is 23.3 Å². The molecule has 2 aliphatic carbocycles. The van der Waals surface area contributed by atoms with E-state index >= 15 is 0 Å². The molecule has 0 amide bonds. The summed E-state index contributed by atoms with van der Waals surface area (Å²) < 4.78 is 12.4. The summed E-state index contributed by atoms with van der Waals surface area (Å²) in [4.78, 5) is 0. The van der Waals surface area contributed by atoms with Crippen LogP contribution in [0.5, 0.6) is 0 Å². The van der Waals surface area contributed by atoms with Crippen LogP contribution in [0.3, 0.4) is 0 Å². The SMILES string of the molecule is CO[C@H]1C(C)=CCC[C@@H]2[C@]3(CC/C(=C/CO)CO)CO[C@@]21[C@@H](O)C[C@H]3C. The lowest BCUT2D eigenvalue weighted by atomic mass is 9.52. The van der Waals surface area contributed by atoms with Crippen molar-refractivity contribution in [2.24, 2.45) is 17.3 Å². The second kappa shape index (κ2) is 7.72. The first-order chi connectivity index (χ1) is 12.5. The molecule has 3 N–H and O–H groups in total. The summed E-state index contributed by atoms with van der Waals surface area (Å²) >= 11 is 0. The molecule has 0 unspecified atom stereocenters. The van der Waals surface area contributed by atoms with Crippen LogP contribution in [-0.4, -0.2) is 60.1 Å². The predicted octanol–water partition coefficient (Wildman–Crippen LogP) is 2.21. The molecular weight excluding hydrogens is 332 g/mol. The Morgan fingerprint density at radius 3 is 2.85 bits per heavy atom. The van der Waals surface area contributed by atoms with Crippen LogP contribution in [0.25, 0.3) is 0 Å². The Bertz CT molecular complexity index is 571. The molecule has 3 rings (SSSR count). The summed E-state index contributed by atoms with van der Waals surface area (Å²) in [5.41, 5.74) is 1.33. The number of hydrogen-bond donors (Lipinski definition) is 3. The van der Waals surface area contributed by atoms with Gasteiger partial charge in [-0.1, -0.05) is 19.1 Å². The topological polar surface area (TPSA) is 79.2 Å². The van der Waals surface area contributed by atoms with Gasteiger partial charge in [-0.3, -0.25) is 0 Å². The maximum Gasteiger partial charge on any atom is 0.127 e. The molecule has 1 saturated carbocycles. The zero-order valence-electron chi connectivity index (χ0n) is 16.3. The highest BCUT2D eigenvalue weighted by molar-refractivity contribution is 5.26. The lowest BCUT2D eigenvalue weighted by Crippen LogP contribution is -2.62. The van der Waals surface area contributed by atoms with Crippen LogP contribution in [0.4, 0.5) is 0 Å². The highest BCUT2D eigenvalue weighted by atomic mass is 16.6. The van der Waals surface area contributed by atoms with Crippen LogP contribution >= 0.6 is 0 Å². The molecule has 6 atom stereocenters. The zero-order valence-corrected chi connectivity index (χ0v) is 16.3. The van der Waals surface area contributed by atoms with E-state index in [1.54, 1.807) is 13.2 Å². The minimum absolute atomic E-state index is 0.0222. The van der Waals surface area contributed by atoms with Crippen molar-refractivity contribution in [3.63, 3.8) is 0 Å². The summed E-state index contributed by atoms with van der Waals surface area (Å²) in [5.74, 6) is 0.560. The summed E-state index contributed by atoms with van der Waals surface area (Å²) in [5, 5.41) is 29.8. The van der Waals surface area contributed by atoms with E-state index in [4.69, 9.17) is 9.47 Å². The minimum Gasteiger partial charge on any atom is -0.392 e. The third-order valence-corrected chi connectivity index (χ3v) is 7.38. The van der Waals surface area contributed by atoms with E-state index < -0.39 is 11.7 Å². The van der Waals surface area contributed by atoms with E-state index in [-0.39, 0.29) is 30.7 Å². The lowest BCUT2D eigenvalue weighted by molar-refractivity contribution is -0.187. The van der Waals surface area contributed by atoms with Crippen LogP contribution in [0.1, 0.15) is 46.0 Å². The number of aliphatic hydroxyl groups excluding tert-OH is 3. The molecule has 0 aromatic heterocycles. The molecule has 0 radical (unpaired) electrons. The highest BCUT2D eigenvalue weighted by Crippen LogP contribution is 2.63. The van der Waals surface area contributed by atoms with Gasteiger partial charge in [0.05, 0.1) is 25.9 Å². The molecule has 1 heterocycles. The fraction of sp³-hybridized carbons (Fsp3) is 0.810. The molecule has 3 aliphatic rings. The predicted molar refractivity (Wildman–Crippen MR) is 99.7 cm³/mol. The van der Waals surface area contributed by atoms with Gasteiger partial charge >= 0.3 is 0 Å². The summed E-state index contributed by atoms with van der Waals surface area (Å²) in [6, 6.07) is 0. The standard InChI is InChI=1S/C21H34O5/c1-14-5-4-6-17-20(9-7-16(12-23)8-10-22)13-26-21(17,19(14)25-3)18(24)11-15(20)2/h5,8,15,17-19,22-24H,4,6-7,9-13H2,1-3H3/b16-8-/t15-,17-,18+,19+,20-,21-/m1/s1. The van der Waals surface area contributed by atoms with E-state index in [0.29, 0.717) is 18.9 Å². The van der Waals surface area contributed by atoms with Crippen molar-refractivity contribution >= 4 is 0 Å². The quantitative estimate of drug-likeness (QED) is 0.628. The van der Waals surface area contributed by atoms with Gasteiger partial charge in [0.15, 0.2) is 0 Å². The largest absolute Gasteiger partial charge is 0.392 e. The Kier molecular flexibility index (Phi) is 5.95. The van der Waals surface area contributed by atoms with Gasteiger partial charge in [0.2, 0.25) is 0 Å². The van der Waals surface area contributed by atoms with Crippen molar-refractivity contribution in [3.05, 3.63) is 23.3 Å². The second-order valence-corrected chi connectivity index (χ2v) is 8.42. The molecule has 148 valence electrons. The molecule has 2 fully saturated rings. The normalized spacial score (nSPS) is 43.0. The first-order valence-corrected chi connectivity index (χ1v) is 9.87. The molecule has 5 nitrogen and oxygen atoms in total. The second-order valence-electron chi connectivity index (χ2n) is 8.42. The maximum atomic E-state index is 11.1. The Balaban J connectivity index is 1.96. The average molecular weight is 366 g/mol. The highest BCUT2D eigenvalue weighted by Gasteiger charge is 2.69. The van der Waals surface area contributed by atoms with Crippen LogP contribution in [0.2, 0.25) is 0 Å². The fourth-order valence-electron chi connectivity index (χ4n) is 6.00. The van der Waals surface area contributed by atoms with Gasteiger partial charge < -0.3 is 24.8 Å². The smallest absolute Gasteiger partial charge is 0.127 e. The Morgan fingerprint density at radius 1 is 1.42 bits per heavy atom. The molecular formula is C21H34O5. The Morgan fingerprint density at radius 2 is 2.19 bits per heavy atom. The van der Waals surface area contributed by atoms with E-state index in [0.717, 1.165) is 36.8 Å². The number of aliphatic hydroxyl groups is 3. The third kappa shape index (κ3) is 2.89. The molecule has 5 heteroatoms. The van der Waals surface area contributed by atoms with Crippen LogP contribution in [0, 0.1) is 17.3 Å². The van der Waals surface area contributed by atoms with Crippen molar-refractivity contribution in [1.82, 2.24) is 0 Å². The fourth-order valence-corrected chi connectivity index (χ4v) is 6.00. The van der Waals surface area contributed by atoms with Crippen LogP contribution < -0.4 is 0 Å².